The molecule has 0 aliphatic carbocycles. The number of hydrogen-bond acceptors (Lipinski definition) is 4. The molecule has 2 atom stereocenters. The molecule has 92 valence electrons. The van der Waals surface area contributed by atoms with Gasteiger partial charge in [0, 0.05) is 26.7 Å². The van der Waals surface area contributed by atoms with Crippen LogP contribution < -0.4 is 11.1 Å². The van der Waals surface area contributed by atoms with Gasteiger partial charge in [0.25, 0.3) is 0 Å². The number of thiocarbonyl (C=S) groups is 1. The summed E-state index contributed by atoms with van der Waals surface area (Å²) >= 11 is 4.76. The third kappa shape index (κ3) is 3.13. The van der Waals surface area contributed by atoms with Crippen LogP contribution in [-0.2, 0) is 14.3 Å². The number of methoxy groups -OCH3 is 1. The molecule has 5 nitrogen and oxygen atoms in total. The van der Waals surface area contributed by atoms with Crippen molar-refractivity contribution >= 4 is 23.1 Å². The molecule has 0 saturated carbocycles. The van der Waals surface area contributed by atoms with Gasteiger partial charge in [-0.1, -0.05) is 12.2 Å². The number of hydrogen-bond donors (Lipinski definition) is 2. The molecule has 6 heteroatoms. The zero-order valence-corrected chi connectivity index (χ0v) is 10.4. The third-order valence-electron chi connectivity index (χ3n) is 2.90. The standard InChI is InChI=1S/C10H18N2O3S/c1-7(8(11)16)9(13)12-5-10(14-2)3-4-15-6-10/h7H,3-6H2,1-2H3,(H2,11,16)(H,12,13). The van der Waals surface area contributed by atoms with Crippen LogP contribution in [-0.4, -0.2) is 43.4 Å². The number of ether oxygens (including phenoxy) is 2. The summed E-state index contributed by atoms with van der Waals surface area (Å²) in [5, 5.41) is 2.79. The molecule has 0 bridgehead atoms. The lowest BCUT2D eigenvalue weighted by atomic mass is 10.0. The normalized spacial score (nSPS) is 26.4. The lowest BCUT2D eigenvalue weighted by Gasteiger charge is -2.26. The molecule has 1 heterocycles. The molecule has 0 aromatic carbocycles. The third-order valence-corrected chi connectivity index (χ3v) is 3.26. The fourth-order valence-corrected chi connectivity index (χ4v) is 1.60. The van der Waals surface area contributed by atoms with Crippen LogP contribution in [0.3, 0.4) is 0 Å². The fraction of sp³-hybridized carbons (Fsp3) is 0.800. The van der Waals surface area contributed by atoms with Crippen LogP contribution in [0.25, 0.3) is 0 Å². The highest BCUT2D eigenvalue weighted by Gasteiger charge is 2.35. The first-order valence-corrected chi connectivity index (χ1v) is 5.61. The Hall–Kier alpha value is -0.720. The van der Waals surface area contributed by atoms with Crippen LogP contribution in [0.4, 0.5) is 0 Å². The Labute approximate surface area is 101 Å². The zero-order valence-electron chi connectivity index (χ0n) is 9.62. The van der Waals surface area contributed by atoms with E-state index in [1.54, 1.807) is 14.0 Å². The van der Waals surface area contributed by atoms with Gasteiger partial charge in [-0.3, -0.25) is 4.79 Å². The molecule has 3 N–H and O–H groups in total. The van der Waals surface area contributed by atoms with Gasteiger partial charge in [0.05, 0.1) is 17.5 Å². The minimum atomic E-state index is -0.453. The predicted octanol–water partition coefficient (Wildman–Crippen LogP) is -0.170. The molecule has 1 amide bonds. The van der Waals surface area contributed by atoms with Crippen LogP contribution in [0.2, 0.25) is 0 Å². The number of carbonyl (C=O) groups excluding carboxylic acids is 1. The minimum Gasteiger partial charge on any atom is -0.393 e. The van der Waals surface area contributed by atoms with Crippen molar-refractivity contribution in [3.05, 3.63) is 0 Å². The second kappa shape index (κ2) is 5.56. The van der Waals surface area contributed by atoms with E-state index in [9.17, 15) is 4.79 Å². The average molecular weight is 246 g/mol. The van der Waals surface area contributed by atoms with Gasteiger partial charge in [0.2, 0.25) is 5.91 Å². The summed E-state index contributed by atoms with van der Waals surface area (Å²) in [4.78, 5) is 11.8. The van der Waals surface area contributed by atoms with Gasteiger partial charge in [-0.15, -0.1) is 0 Å². The zero-order chi connectivity index (χ0) is 12.2. The van der Waals surface area contributed by atoms with E-state index in [2.05, 4.69) is 5.32 Å². The molecule has 0 spiro atoms. The van der Waals surface area contributed by atoms with Crippen LogP contribution in [0.1, 0.15) is 13.3 Å². The summed E-state index contributed by atoms with van der Waals surface area (Å²) in [7, 11) is 1.62. The van der Waals surface area contributed by atoms with Crippen molar-refractivity contribution in [1.82, 2.24) is 5.32 Å². The van der Waals surface area contributed by atoms with E-state index in [1.165, 1.54) is 0 Å². The van der Waals surface area contributed by atoms with Gasteiger partial charge in [0.1, 0.15) is 5.60 Å². The largest absolute Gasteiger partial charge is 0.393 e. The van der Waals surface area contributed by atoms with Gasteiger partial charge in [-0.25, -0.2) is 0 Å². The molecule has 1 saturated heterocycles. The second-order valence-corrected chi connectivity index (χ2v) is 4.50. The van der Waals surface area contributed by atoms with E-state index >= 15 is 0 Å². The van der Waals surface area contributed by atoms with Crippen molar-refractivity contribution in [3.8, 4) is 0 Å². The monoisotopic (exact) mass is 246 g/mol. The number of rotatable bonds is 5. The maximum Gasteiger partial charge on any atom is 0.229 e. The average Bonchev–Trinajstić information content (AvgIpc) is 2.74. The smallest absolute Gasteiger partial charge is 0.229 e. The Morgan fingerprint density at radius 3 is 2.88 bits per heavy atom. The molecular formula is C10H18N2O3S. The number of carbonyl (C=O) groups is 1. The van der Waals surface area contributed by atoms with Gasteiger partial charge in [-0.2, -0.15) is 0 Å². The van der Waals surface area contributed by atoms with E-state index in [-0.39, 0.29) is 10.9 Å². The van der Waals surface area contributed by atoms with Gasteiger partial charge < -0.3 is 20.5 Å². The fourth-order valence-electron chi connectivity index (χ4n) is 1.49. The first kappa shape index (κ1) is 13.3. The molecule has 1 fully saturated rings. The van der Waals surface area contributed by atoms with Crippen molar-refractivity contribution < 1.29 is 14.3 Å². The molecular weight excluding hydrogens is 228 g/mol. The maximum absolute atomic E-state index is 11.6. The van der Waals surface area contributed by atoms with E-state index in [0.29, 0.717) is 19.8 Å². The number of nitrogens with two attached hydrogens (primary N) is 1. The van der Waals surface area contributed by atoms with Crippen LogP contribution in [0, 0.1) is 5.92 Å². The van der Waals surface area contributed by atoms with Crippen molar-refractivity contribution in [2.24, 2.45) is 11.7 Å². The molecule has 1 aliphatic heterocycles. The molecule has 0 aromatic rings. The Kier molecular flexibility index (Phi) is 4.64. The highest BCUT2D eigenvalue weighted by atomic mass is 32.1. The first-order valence-electron chi connectivity index (χ1n) is 5.21. The molecule has 1 aliphatic rings. The van der Waals surface area contributed by atoms with Gasteiger partial charge in [0.15, 0.2) is 0 Å². The summed E-state index contributed by atoms with van der Waals surface area (Å²) in [6.45, 7) is 3.28. The van der Waals surface area contributed by atoms with Gasteiger partial charge in [-0.05, 0) is 6.92 Å². The van der Waals surface area contributed by atoms with E-state index in [0.717, 1.165) is 6.42 Å². The molecule has 2 unspecified atom stereocenters. The Bertz CT molecular complexity index is 277. The molecule has 0 aromatic heterocycles. The summed E-state index contributed by atoms with van der Waals surface area (Å²) < 4.78 is 10.7. The first-order chi connectivity index (χ1) is 7.51. The Balaban J connectivity index is 2.44. The molecule has 0 radical (unpaired) electrons. The quantitative estimate of drug-likeness (QED) is 0.659. The Morgan fingerprint density at radius 2 is 2.44 bits per heavy atom. The maximum atomic E-state index is 11.6. The summed E-state index contributed by atoms with van der Waals surface area (Å²) in [6.07, 6.45) is 0.783. The highest BCUT2D eigenvalue weighted by Crippen LogP contribution is 2.21. The highest BCUT2D eigenvalue weighted by molar-refractivity contribution is 7.80. The van der Waals surface area contributed by atoms with Crippen molar-refractivity contribution in [1.29, 1.82) is 0 Å². The van der Waals surface area contributed by atoms with Gasteiger partial charge >= 0.3 is 0 Å². The van der Waals surface area contributed by atoms with Crippen LogP contribution in [0.15, 0.2) is 0 Å². The minimum absolute atomic E-state index is 0.171. The van der Waals surface area contributed by atoms with Crippen LogP contribution in [0.5, 0.6) is 0 Å². The number of nitrogens with one attached hydrogen (secondary N) is 1. The van der Waals surface area contributed by atoms with Crippen molar-refractivity contribution in [2.45, 2.75) is 18.9 Å². The SMILES string of the molecule is COC1(CNC(=O)C(C)C(N)=S)CCOC1. The molecule has 16 heavy (non-hydrogen) atoms. The summed E-state index contributed by atoms with van der Waals surface area (Å²) in [5.74, 6) is -0.623. The van der Waals surface area contributed by atoms with Crippen LogP contribution >= 0.6 is 12.2 Å². The van der Waals surface area contributed by atoms with E-state index in [4.69, 9.17) is 27.4 Å². The van der Waals surface area contributed by atoms with E-state index in [1.807, 2.05) is 0 Å². The van der Waals surface area contributed by atoms with Crippen molar-refractivity contribution in [3.63, 3.8) is 0 Å². The Morgan fingerprint density at radius 1 is 1.75 bits per heavy atom. The predicted molar refractivity (Wildman–Crippen MR) is 64.1 cm³/mol. The summed E-state index contributed by atoms with van der Waals surface area (Å²) in [6, 6.07) is 0. The lowest BCUT2D eigenvalue weighted by molar-refractivity contribution is -0.124. The van der Waals surface area contributed by atoms with Crippen molar-refractivity contribution in [2.75, 3.05) is 26.9 Å². The summed E-state index contributed by atoms with van der Waals surface area (Å²) in [5.41, 5.74) is 5.00. The number of amides is 1. The molecule has 1 rings (SSSR count). The van der Waals surface area contributed by atoms with E-state index < -0.39 is 11.5 Å². The second-order valence-electron chi connectivity index (χ2n) is 4.03. The lowest BCUT2D eigenvalue weighted by Crippen LogP contribution is -2.47. The topological polar surface area (TPSA) is 73.6 Å².